The first kappa shape index (κ1) is 14.7. The van der Waals surface area contributed by atoms with E-state index in [1.54, 1.807) is 0 Å². The molecule has 1 fully saturated rings. The Morgan fingerprint density at radius 2 is 2.29 bits per heavy atom. The average Bonchev–Trinajstić information content (AvgIpc) is 3.24. The van der Waals surface area contributed by atoms with Gasteiger partial charge in [-0.2, -0.15) is 5.10 Å². The van der Waals surface area contributed by atoms with Gasteiger partial charge in [0.25, 0.3) is 0 Å². The van der Waals surface area contributed by atoms with Crippen molar-refractivity contribution in [1.82, 2.24) is 24.7 Å². The first-order valence-corrected chi connectivity index (χ1v) is 8.69. The van der Waals surface area contributed by atoms with Crippen molar-refractivity contribution in [2.24, 2.45) is 0 Å². The largest absolute Gasteiger partial charge is 0.309 e. The van der Waals surface area contributed by atoms with Gasteiger partial charge in [-0.3, -0.25) is 4.68 Å². The second-order valence-corrected chi connectivity index (χ2v) is 6.57. The van der Waals surface area contributed by atoms with Crippen LogP contribution >= 0.6 is 11.5 Å². The highest BCUT2D eigenvalue weighted by molar-refractivity contribution is 7.05. The van der Waals surface area contributed by atoms with Crippen molar-refractivity contribution >= 4 is 11.5 Å². The Bertz CT molecular complexity index is 530. The fourth-order valence-corrected chi connectivity index (χ4v) is 3.56. The van der Waals surface area contributed by atoms with Crippen LogP contribution in [0.5, 0.6) is 0 Å². The summed E-state index contributed by atoms with van der Waals surface area (Å²) in [6.45, 7) is 3.19. The van der Waals surface area contributed by atoms with Crippen LogP contribution in [0, 0.1) is 0 Å². The van der Waals surface area contributed by atoms with Gasteiger partial charge in [-0.1, -0.05) is 24.3 Å². The normalized spacial score (nSPS) is 17.4. The third-order valence-corrected chi connectivity index (χ3v) is 4.91. The van der Waals surface area contributed by atoms with E-state index in [-0.39, 0.29) is 6.04 Å². The quantitative estimate of drug-likeness (QED) is 0.854. The van der Waals surface area contributed by atoms with Crippen molar-refractivity contribution < 1.29 is 0 Å². The molecule has 0 saturated heterocycles. The maximum absolute atomic E-state index is 4.79. The topological polar surface area (TPSA) is 55.6 Å². The minimum Gasteiger partial charge on any atom is -0.309 e. The lowest BCUT2D eigenvalue weighted by Crippen LogP contribution is -2.23. The lowest BCUT2D eigenvalue weighted by molar-refractivity contribution is 0.457. The molecule has 0 aliphatic heterocycles. The third kappa shape index (κ3) is 3.68. The second-order valence-electron chi connectivity index (χ2n) is 5.76. The van der Waals surface area contributed by atoms with Gasteiger partial charge in [0, 0.05) is 12.6 Å². The zero-order valence-corrected chi connectivity index (χ0v) is 13.4. The molecule has 1 unspecified atom stereocenters. The summed E-state index contributed by atoms with van der Waals surface area (Å²) < 4.78 is 6.16. The summed E-state index contributed by atoms with van der Waals surface area (Å²) >= 11 is 1.47. The highest BCUT2D eigenvalue weighted by Crippen LogP contribution is 2.29. The molecule has 2 aromatic heterocycles. The summed E-state index contributed by atoms with van der Waals surface area (Å²) in [5.74, 6) is 0. The van der Waals surface area contributed by atoms with E-state index >= 15 is 0 Å². The number of rotatable bonds is 7. The maximum Gasteiger partial charge on any atom is 0.0669 e. The Morgan fingerprint density at radius 3 is 3.00 bits per heavy atom. The van der Waals surface area contributed by atoms with Crippen LogP contribution in [0.15, 0.2) is 18.5 Å². The molecule has 21 heavy (non-hydrogen) atoms. The molecule has 1 atom stereocenters. The van der Waals surface area contributed by atoms with Crippen LogP contribution in [-0.4, -0.2) is 25.9 Å². The Morgan fingerprint density at radius 1 is 1.43 bits per heavy atom. The molecule has 2 aromatic rings. The average molecular weight is 305 g/mol. The third-order valence-electron chi connectivity index (χ3n) is 4.14. The predicted octanol–water partition coefficient (Wildman–Crippen LogP) is 3.13. The summed E-state index contributed by atoms with van der Waals surface area (Å²) in [6.07, 6.45) is 11.3. The number of hydrogen-bond donors (Lipinski definition) is 1. The monoisotopic (exact) mass is 305 g/mol. The maximum atomic E-state index is 4.79. The highest BCUT2D eigenvalue weighted by Gasteiger charge is 2.19. The fraction of sp³-hybridized carbons (Fsp3) is 0.667. The molecule has 2 heterocycles. The van der Waals surface area contributed by atoms with Crippen LogP contribution < -0.4 is 5.32 Å². The minimum absolute atomic E-state index is 0.275. The van der Waals surface area contributed by atoms with Gasteiger partial charge in [-0.25, -0.2) is 0 Å². The summed E-state index contributed by atoms with van der Waals surface area (Å²) in [6, 6.07) is 3.05. The zero-order chi connectivity index (χ0) is 14.5. The Balaban J connectivity index is 1.67. The molecule has 0 spiro atoms. The number of nitrogens with zero attached hydrogens (tertiary/aromatic N) is 4. The molecule has 1 N–H and O–H groups in total. The van der Waals surface area contributed by atoms with Gasteiger partial charge in [-0.15, -0.1) is 5.10 Å². The number of hydrogen-bond acceptors (Lipinski definition) is 5. The van der Waals surface area contributed by atoms with Crippen molar-refractivity contribution in [3.8, 4) is 0 Å². The van der Waals surface area contributed by atoms with E-state index in [2.05, 4.69) is 38.8 Å². The van der Waals surface area contributed by atoms with Crippen molar-refractivity contribution in [3.05, 3.63) is 29.0 Å². The molecule has 1 aliphatic carbocycles. The van der Waals surface area contributed by atoms with Crippen LogP contribution in [0.25, 0.3) is 0 Å². The van der Waals surface area contributed by atoms with Crippen LogP contribution in [0.3, 0.4) is 0 Å². The van der Waals surface area contributed by atoms with Gasteiger partial charge in [-0.05, 0) is 43.4 Å². The molecule has 0 amide bonds. The van der Waals surface area contributed by atoms with Gasteiger partial charge in [0.15, 0.2) is 0 Å². The molecule has 6 heteroatoms. The van der Waals surface area contributed by atoms with E-state index in [1.807, 2.05) is 6.20 Å². The lowest BCUT2D eigenvalue weighted by Gasteiger charge is -2.15. The van der Waals surface area contributed by atoms with Gasteiger partial charge in [0.05, 0.1) is 28.9 Å². The molecule has 114 valence electrons. The fourth-order valence-electron chi connectivity index (χ4n) is 2.99. The van der Waals surface area contributed by atoms with Crippen molar-refractivity contribution in [2.75, 3.05) is 6.54 Å². The van der Waals surface area contributed by atoms with Crippen molar-refractivity contribution in [2.45, 2.75) is 57.5 Å². The van der Waals surface area contributed by atoms with Crippen molar-refractivity contribution in [1.29, 1.82) is 0 Å². The molecule has 0 aromatic carbocycles. The van der Waals surface area contributed by atoms with Crippen LogP contribution in [0.4, 0.5) is 0 Å². The predicted molar refractivity (Wildman–Crippen MR) is 84.4 cm³/mol. The van der Waals surface area contributed by atoms with Gasteiger partial charge >= 0.3 is 0 Å². The Kier molecular flexibility index (Phi) is 4.98. The second kappa shape index (κ2) is 7.13. The van der Waals surface area contributed by atoms with Gasteiger partial charge < -0.3 is 5.32 Å². The molecule has 3 rings (SSSR count). The van der Waals surface area contributed by atoms with E-state index in [1.165, 1.54) is 42.1 Å². The van der Waals surface area contributed by atoms with Crippen molar-refractivity contribution in [3.63, 3.8) is 0 Å². The van der Waals surface area contributed by atoms with E-state index in [9.17, 15) is 0 Å². The molecule has 5 nitrogen and oxygen atoms in total. The summed E-state index contributed by atoms with van der Waals surface area (Å²) in [5, 5.41) is 12.3. The van der Waals surface area contributed by atoms with E-state index in [0.717, 1.165) is 25.1 Å². The molecule has 0 radical (unpaired) electrons. The molecule has 1 saturated carbocycles. The first-order chi connectivity index (χ1) is 10.4. The standard InChI is InChI=1S/C15H23N5S/c1-2-8-16-14(15-11-17-19-21-15)10-12-7-9-20(18-12)13-5-3-4-6-13/h7,9,11,13-14,16H,2-6,8,10H2,1H3. The smallest absolute Gasteiger partial charge is 0.0669 e. The number of nitrogens with one attached hydrogen (secondary N) is 1. The number of aromatic nitrogens is 4. The Hall–Kier alpha value is -1.27. The van der Waals surface area contributed by atoms with Crippen LogP contribution in [0.1, 0.15) is 61.7 Å². The molecular weight excluding hydrogens is 282 g/mol. The molecular formula is C15H23N5S. The van der Waals surface area contributed by atoms with Gasteiger partial charge in [0.2, 0.25) is 0 Å². The van der Waals surface area contributed by atoms with Gasteiger partial charge in [0.1, 0.15) is 0 Å². The Labute approximate surface area is 129 Å². The lowest BCUT2D eigenvalue weighted by atomic mass is 10.1. The highest BCUT2D eigenvalue weighted by atomic mass is 32.1. The van der Waals surface area contributed by atoms with E-state index in [4.69, 9.17) is 5.10 Å². The zero-order valence-electron chi connectivity index (χ0n) is 12.5. The minimum atomic E-state index is 0.275. The summed E-state index contributed by atoms with van der Waals surface area (Å²) in [4.78, 5) is 1.19. The summed E-state index contributed by atoms with van der Waals surface area (Å²) in [7, 11) is 0. The molecule has 0 bridgehead atoms. The first-order valence-electron chi connectivity index (χ1n) is 7.91. The summed E-state index contributed by atoms with van der Waals surface area (Å²) in [5.41, 5.74) is 1.16. The van der Waals surface area contributed by atoms with E-state index in [0.29, 0.717) is 6.04 Å². The SMILES string of the molecule is CCCNC(Cc1ccn(C2CCCC2)n1)c1cnns1. The van der Waals surface area contributed by atoms with E-state index < -0.39 is 0 Å². The van der Waals surface area contributed by atoms with Crippen LogP contribution in [0.2, 0.25) is 0 Å². The molecule has 1 aliphatic rings. The van der Waals surface area contributed by atoms with Crippen LogP contribution in [-0.2, 0) is 6.42 Å².